The fourth-order valence-corrected chi connectivity index (χ4v) is 4.23. The third-order valence-corrected chi connectivity index (χ3v) is 5.69. The molecular formula is C20H20N4O3S. The van der Waals surface area contributed by atoms with Crippen LogP contribution in [0.2, 0.25) is 0 Å². The van der Waals surface area contributed by atoms with E-state index in [0.29, 0.717) is 23.9 Å². The van der Waals surface area contributed by atoms with Gasteiger partial charge in [-0.1, -0.05) is 11.8 Å². The highest BCUT2D eigenvalue weighted by molar-refractivity contribution is 7.99. The number of hydrogen-bond donors (Lipinski definition) is 1. The van der Waals surface area contributed by atoms with Gasteiger partial charge in [0.1, 0.15) is 10.8 Å². The zero-order chi connectivity index (χ0) is 19.3. The normalized spacial score (nSPS) is 12.7. The first-order chi connectivity index (χ1) is 13.7. The summed E-state index contributed by atoms with van der Waals surface area (Å²) in [7, 11) is 0. The lowest BCUT2D eigenvalue weighted by Gasteiger charge is -2.14. The van der Waals surface area contributed by atoms with Crippen molar-refractivity contribution < 1.29 is 9.21 Å². The third kappa shape index (κ3) is 4.17. The SMILES string of the molecule is O=C(CSc1nc(=O)n(Cc2ccncc2)c2c1CCC2)NCc1ccco1. The van der Waals surface area contributed by atoms with Gasteiger partial charge in [-0.3, -0.25) is 14.3 Å². The van der Waals surface area contributed by atoms with Gasteiger partial charge in [0.15, 0.2) is 0 Å². The smallest absolute Gasteiger partial charge is 0.349 e. The Hall–Kier alpha value is -2.87. The lowest BCUT2D eigenvalue weighted by molar-refractivity contribution is -0.118. The molecule has 28 heavy (non-hydrogen) atoms. The molecule has 0 atom stereocenters. The average molecular weight is 396 g/mol. The van der Waals surface area contributed by atoms with Crippen LogP contribution < -0.4 is 11.0 Å². The van der Waals surface area contributed by atoms with Gasteiger partial charge in [-0.05, 0) is 49.1 Å². The van der Waals surface area contributed by atoms with Crippen LogP contribution in [0.4, 0.5) is 0 Å². The number of nitrogens with one attached hydrogen (secondary N) is 1. The second kappa shape index (κ2) is 8.43. The second-order valence-corrected chi connectivity index (χ2v) is 7.53. The molecule has 1 N–H and O–H groups in total. The van der Waals surface area contributed by atoms with Crippen molar-refractivity contribution in [3.63, 3.8) is 0 Å². The summed E-state index contributed by atoms with van der Waals surface area (Å²) in [5.74, 6) is 0.806. The molecular weight excluding hydrogens is 376 g/mol. The lowest BCUT2D eigenvalue weighted by atomic mass is 10.2. The van der Waals surface area contributed by atoms with Crippen molar-refractivity contribution in [1.82, 2.24) is 19.9 Å². The van der Waals surface area contributed by atoms with E-state index in [1.54, 1.807) is 29.3 Å². The van der Waals surface area contributed by atoms with E-state index in [2.05, 4.69) is 15.3 Å². The number of furan rings is 1. The predicted molar refractivity (Wildman–Crippen MR) is 105 cm³/mol. The van der Waals surface area contributed by atoms with Crippen molar-refractivity contribution in [3.05, 3.63) is 76.0 Å². The van der Waals surface area contributed by atoms with Crippen LogP contribution in [-0.2, 0) is 30.7 Å². The molecule has 1 aliphatic rings. The van der Waals surface area contributed by atoms with Crippen molar-refractivity contribution in [1.29, 1.82) is 0 Å². The maximum absolute atomic E-state index is 12.6. The number of hydrogen-bond acceptors (Lipinski definition) is 6. The largest absolute Gasteiger partial charge is 0.467 e. The van der Waals surface area contributed by atoms with E-state index in [1.165, 1.54) is 11.8 Å². The Balaban J connectivity index is 1.46. The summed E-state index contributed by atoms with van der Waals surface area (Å²) in [5, 5.41) is 3.49. The van der Waals surface area contributed by atoms with E-state index in [0.717, 1.165) is 36.1 Å². The maximum atomic E-state index is 12.6. The van der Waals surface area contributed by atoms with E-state index >= 15 is 0 Å². The number of fused-ring (bicyclic) bond motifs is 1. The molecule has 0 saturated carbocycles. The first-order valence-electron chi connectivity index (χ1n) is 9.14. The van der Waals surface area contributed by atoms with E-state index in [9.17, 15) is 9.59 Å². The molecule has 3 aromatic heterocycles. The highest BCUT2D eigenvalue weighted by atomic mass is 32.2. The number of aromatic nitrogens is 3. The number of amides is 1. The minimum atomic E-state index is -0.268. The molecule has 0 aromatic carbocycles. The van der Waals surface area contributed by atoms with Gasteiger partial charge in [0, 0.05) is 23.7 Å². The van der Waals surface area contributed by atoms with Crippen LogP contribution in [-0.4, -0.2) is 26.2 Å². The van der Waals surface area contributed by atoms with Crippen molar-refractivity contribution in [3.8, 4) is 0 Å². The van der Waals surface area contributed by atoms with Crippen LogP contribution in [0, 0.1) is 0 Å². The number of carbonyl (C=O) groups excluding carboxylic acids is 1. The summed E-state index contributed by atoms with van der Waals surface area (Å²) in [6.45, 7) is 0.844. The highest BCUT2D eigenvalue weighted by Gasteiger charge is 2.22. The fourth-order valence-electron chi connectivity index (χ4n) is 3.32. The van der Waals surface area contributed by atoms with Gasteiger partial charge >= 0.3 is 5.69 Å². The second-order valence-electron chi connectivity index (χ2n) is 6.56. The summed E-state index contributed by atoms with van der Waals surface area (Å²) < 4.78 is 6.95. The van der Waals surface area contributed by atoms with Crippen LogP contribution in [0.5, 0.6) is 0 Å². The maximum Gasteiger partial charge on any atom is 0.349 e. The Morgan fingerprint density at radius 3 is 2.89 bits per heavy atom. The van der Waals surface area contributed by atoms with Crippen LogP contribution >= 0.6 is 11.8 Å². The van der Waals surface area contributed by atoms with Crippen LogP contribution in [0.1, 0.15) is 29.0 Å². The molecule has 0 spiro atoms. The molecule has 3 aromatic rings. The number of nitrogens with zero attached hydrogens (tertiary/aromatic N) is 3. The fraction of sp³-hybridized carbons (Fsp3) is 0.300. The molecule has 4 rings (SSSR count). The Morgan fingerprint density at radius 1 is 1.25 bits per heavy atom. The molecule has 1 aliphatic carbocycles. The van der Waals surface area contributed by atoms with Crippen LogP contribution in [0.25, 0.3) is 0 Å². The molecule has 8 heteroatoms. The number of thioether (sulfide) groups is 1. The van der Waals surface area contributed by atoms with Crippen LogP contribution in [0.15, 0.2) is 57.2 Å². The van der Waals surface area contributed by atoms with Gasteiger partial charge in [-0.15, -0.1) is 0 Å². The van der Waals surface area contributed by atoms with Crippen molar-refractivity contribution in [2.45, 2.75) is 37.4 Å². The monoisotopic (exact) mass is 396 g/mol. The predicted octanol–water partition coefficient (Wildman–Crippen LogP) is 2.18. The number of rotatable bonds is 7. The number of carbonyl (C=O) groups is 1. The molecule has 0 saturated heterocycles. The Labute approximate surface area is 166 Å². The summed E-state index contributed by atoms with van der Waals surface area (Å²) in [6.07, 6.45) is 7.75. The van der Waals surface area contributed by atoms with E-state index < -0.39 is 0 Å². The highest BCUT2D eigenvalue weighted by Crippen LogP contribution is 2.29. The molecule has 0 unspecified atom stereocenters. The Morgan fingerprint density at radius 2 is 2.11 bits per heavy atom. The van der Waals surface area contributed by atoms with E-state index in [4.69, 9.17) is 4.42 Å². The molecule has 0 bridgehead atoms. The van der Waals surface area contributed by atoms with Gasteiger partial charge in [-0.2, -0.15) is 4.98 Å². The van der Waals surface area contributed by atoms with Gasteiger partial charge in [0.2, 0.25) is 5.91 Å². The average Bonchev–Trinajstić information content (AvgIpc) is 3.40. The lowest BCUT2D eigenvalue weighted by Crippen LogP contribution is -2.28. The van der Waals surface area contributed by atoms with Gasteiger partial charge < -0.3 is 9.73 Å². The van der Waals surface area contributed by atoms with Crippen molar-refractivity contribution in [2.75, 3.05) is 5.75 Å². The molecule has 0 radical (unpaired) electrons. The van der Waals surface area contributed by atoms with E-state index in [1.807, 2.05) is 18.2 Å². The van der Waals surface area contributed by atoms with Crippen molar-refractivity contribution in [2.24, 2.45) is 0 Å². The topological polar surface area (TPSA) is 90.0 Å². The summed E-state index contributed by atoms with van der Waals surface area (Å²) in [6, 6.07) is 7.40. The minimum Gasteiger partial charge on any atom is -0.467 e. The molecule has 7 nitrogen and oxygen atoms in total. The molecule has 0 aliphatic heterocycles. The molecule has 144 valence electrons. The summed E-state index contributed by atoms with van der Waals surface area (Å²) in [5.41, 5.74) is 2.88. The quantitative estimate of drug-likeness (QED) is 0.486. The van der Waals surface area contributed by atoms with Crippen LogP contribution in [0.3, 0.4) is 0 Å². The summed E-state index contributed by atoms with van der Waals surface area (Å²) in [4.78, 5) is 33.1. The van der Waals surface area contributed by atoms with Gasteiger partial charge in [0.25, 0.3) is 0 Å². The van der Waals surface area contributed by atoms with Gasteiger partial charge in [-0.25, -0.2) is 4.79 Å². The molecule has 3 heterocycles. The zero-order valence-corrected chi connectivity index (χ0v) is 16.1. The van der Waals surface area contributed by atoms with Gasteiger partial charge in [0.05, 0.1) is 25.1 Å². The molecule has 1 amide bonds. The zero-order valence-electron chi connectivity index (χ0n) is 15.3. The third-order valence-electron chi connectivity index (χ3n) is 4.67. The standard InChI is InChI=1S/C20H20N4O3S/c25-18(22-11-15-3-2-10-27-15)13-28-19-16-4-1-5-17(16)24(20(26)23-19)12-14-6-8-21-9-7-14/h2-3,6-10H,1,4-5,11-13H2,(H,22,25). The number of pyridine rings is 1. The first kappa shape index (κ1) is 18.5. The Bertz CT molecular complexity index is 1020. The minimum absolute atomic E-state index is 0.115. The molecule has 0 fully saturated rings. The first-order valence-corrected chi connectivity index (χ1v) is 10.1. The van der Waals surface area contributed by atoms with E-state index in [-0.39, 0.29) is 17.3 Å². The summed E-state index contributed by atoms with van der Waals surface area (Å²) >= 11 is 1.32. The van der Waals surface area contributed by atoms with Crippen molar-refractivity contribution >= 4 is 17.7 Å². The Kier molecular flexibility index (Phi) is 5.57.